The molecule has 0 aliphatic rings. The maximum absolute atomic E-state index is 9.95. The van der Waals surface area contributed by atoms with Gasteiger partial charge < -0.3 is 59.0 Å². The number of hydrogen-bond donors (Lipinski definition) is 0. The Hall–Kier alpha value is -1.38. The van der Waals surface area contributed by atoms with Crippen molar-refractivity contribution in [3.63, 3.8) is 0 Å². The molecule has 0 aliphatic carbocycles. The van der Waals surface area contributed by atoms with Crippen LogP contribution in [0, 0.1) is 11.8 Å². The minimum absolute atomic E-state index is 0.00783. The number of rotatable bonds is 23. The van der Waals surface area contributed by atoms with Crippen LogP contribution in [0.2, 0.25) is 0 Å². The van der Waals surface area contributed by atoms with E-state index in [1.165, 1.54) is 6.42 Å². The Balaban J connectivity index is -0.000000240. The molecule has 3 unspecified atom stereocenters. The van der Waals surface area contributed by atoms with Crippen LogP contribution >= 0.6 is 0 Å². The Labute approximate surface area is 254 Å². The van der Waals surface area contributed by atoms with E-state index in [-0.39, 0.29) is 50.5 Å². The molecule has 42 heavy (non-hydrogen) atoms. The van der Waals surface area contributed by atoms with Gasteiger partial charge in [0.15, 0.2) is 0 Å². The predicted molar refractivity (Wildman–Crippen MR) is 152 cm³/mol. The minimum atomic E-state index is -1.20. The van der Waals surface area contributed by atoms with Crippen LogP contribution in [0.1, 0.15) is 107 Å². The second kappa shape index (κ2) is 37.6. The van der Waals surface area contributed by atoms with Crippen molar-refractivity contribution in [3.8, 4) is 0 Å². The Kier molecular flexibility index (Phi) is 42.6. The van der Waals surface area contributed by atoms with Crippen molar-refractivity contribution < 1.29 is 59.0 Å². The standard InChI is InChI=1S/C9H20O5.C8H16O4.C8H16O3.C5H12/c1-3-8(2)12-5-4-9(6-13-10)7-14-11;1-3-7(2)12-5-4-11-6-8(9)10;1-3-7(2)11-6-4-5-8(9)10;1-4-5(2)3/h8-11H,3-7H2,1-2H3;7H,3-6H2,1-2H3,(H,9,10);7H,3-6H2,1-2H3,(H,9,10);5H,4H2,1-3H3/p-4. The molecule has 0 amide bonds. The quantitative estimate of drug-likeness (QED) is 0.0919. The van der Waals surface area contributed by atoms with Gasteiger partial charge in [0.05, 0.1) is 44.1 Å². The first kappa shape index (κ1) is 47.5. The zero-order valence-electron chi connectivity index (χ0n) is 27.7. The number of ether oxygens (including phenoxy) is 4. The molecule has 0 bridgehead atoms. The predicted octanol–water partition coefficient (Wildman–Crippen LogP) is 1.34. The summed E-state index contributed by atoms with van der Waals surface area (Å²) in [6, 6.07) is 0. The molecular weight excluding hydrogens is 552 g/mol. The maximum Gasteiger partial charge on any atom is 0.0862 e. The average molecular weight is 613 g/mol. The molecule has 0 aromatic heterocycles. The van der Waals surface area contributed by atoms with Gasteiger partial charge in [0.25, 0.3) is 0 Å². The summed E-state index contributed by atoms with van der Waals surface area (Å²) in [7, 11) is 0. The van der Waals surface area contributed by atoms with Crippen LogP contribution < -0.4 is 20.7 Å². The van der Waals surface area contributed by atoms with E-state index in [1.807, 2.05) is 41.5 Å². The topological polar surface area (TPSA) is 182 Å². The maximum atomic E-state index is 9.95. The van der Waals surface area contributed by atoms with Gasteiger partial charge in [-0.25, -0.2) is 0 Å². The Bertz CT molecular complexity index is 542. The zero-order valence-corrected chi connectivity index (χ0v) is 27.7. The molecule has 0 N–H and O–H groups in total. The summed E-state index contributed by atoms with van der Waals surface area (Å²) >= 11 is 0. The third-order valence-corrected chi connectivity index (χ3v) is 5.85. The average Bonchev–Trinajstić information content (AvgIpc) is 2.95. The summed E-state index contributed by atoms with van der Waals surface area (Å²) in [6.07, 6.45) is 6.05. The SMILES string of the molecule is CCC(C)C.CCC(C)OCCC(CO[O-])CO[O-].CCC(C)OCCCC(=O)[O-].CCC(C)OCCOCC(=O)[O-]. The highest BCUT2D eigenvalue weighted by molar-refractivity contribution is 5.65. The lowest BCUT2D eigenvalue weighted by molar-refractivity contribution is -0.702. The van der Waals surface area contributed by atoms with E-state index in [1.54, 1.807) is 0 Å². The second-order valence-electron chi connectivity index (χ2n) is 10.2. The highest BCUT2D eigenvalue weighted by Gasteiger charge is 2.07. The monoisotopic (exact) mass is 612 g/mol. The molecule has 256 valence electrons. The van der Waals surface area contributed by atoms with Crippen LogP contribution in [0.4, 0.5) is 0 Å². The Morgan fingerprint density at radius 1 is 0.619 bits per heavy atom. The number of carbonyl (C=O) groups excluding carboxylic acids is 2. The fourth-order valence-corrected chi connectivity index (χ4v) is 2.16. The fourth-order valence-electron chi connectivity index (χ4n) is 2.16. The molecule has 0 rings (SSSR count). The summed E-state index contributed by atoms with van der Waals surface area (Å²) < 4.78 is 20.6. The third-order valence-electron chi connectivity index (χ3n) is 5.85. The van der Waals surface area contributed by atoms with Crippen molar-refractivity contribution in [2.75, 3.05) is 46.2 Å². The van der Waals surface area contributed by atoms with Gasteiger partial charge >= 0.3 is 0 Å². The van der Waals surface area contributed by atoms with Crippen LogP contribution in [-0.2, 0) is 38.3 Å². The fraction of sp³-hybridized carbons (Fsp3) is 0.933. The van der Waals surface area contributed by atoms with Crippen molar-refractivity contribution in [3.05, 3.63) is 0 Å². The Morgan fingerprint density at radius 2 is 1.05 bits per heavy atom. The number of hydrogen-bond acceptors (Lipinski definition) is 12. The summed E-state index contributed by atoms with van der Waals surface area (Å²) in [5, 5.41) is 39.6. The lowest BCUT2D eigenvalue weighted by atomic mass is 10.1. The van der Waals surface area contributed by atoms with Gasteiger partial charge in [-0.2, -0.15) is 0 Å². The number of aliphatic carboxylic acids is 2. The van der Waals surface area contributed by atoms with E-state index < -0.39 is 11.9 Å². The first-order chi connectivity index (χ1) is 19.8. The summed E-state index contributed by atoms with van der Waals surface area (Å²) in [6.45, 7) is 20.0. The molecule has 0 radical (unpaired) electrons. The molecule has 0 heterocycles. The molecule has 0 aromatic carbocycles. The molecule has 0 saturated heterocycles. The van der Waals surface area contributed by atoms with Gasteiger partial charge in [-0.05, 0) is 65.2 Å². The van der Waals surface area contributed by atoms with Crippen molar-refractivity contribution in [1.82, 2.24) is 0 Å². The van der Waals surface area contributed by atoms with Gasteiger partial charge in [0, 0.05) is 38.3 Å². The number of carboxylic acids is 2. The first-order valence-corrected chi connectivity index (χ1v) is 15.2. The van der Waals surface area contributed by atoms with E-state index in [0.717, 1.165) is 25.2 Å². The second-order valence-corrected chi connectivity index (χ2v) is 10.2. The molecule has 0 aliphatic heterocycles. The van der Waals surface area contributed by atoms with Gasteiger partial charge in [0.2, 0.25) is 0 Å². The highest BCUT2D eigenvalue weighted by atomic mass is 17.1. The van der Waals surface area contributed by atoms with Crippen molar-refractivity contribution in [2.24, 2.45) is 11.8 Å². The van der Waals surface area contributed by atoms with Gasteiger partial charge in [0.1, 0.15) is 0 Å². The van der Waals surface area contributed by atoms with E-state index in [9.17, 15) is 30.3 Å². The molecule has 12 nitrogen and oxygen atoms in total. The molecule has 0 spiro atoms. The van der Waals surface area contributed by atoms with Crippen molar-refractivity contribution in [2.45, 2.75) is 126 Å². The smallest absolute Gasteiger partial charge is 0.0862 e. The van der Waals surface area contributed by atoms with Crippen LogP contribution in [-0.4, -0.2) is 76.5 Å². The van der Waals surface area contributed by atoms with E-state index >= 15 is 0 Å². The van der Waals surface area contributed by atoms with E-state index in [4.69, 9.17) is 18.9 Å². The number of carboxylic acid groups (broad SMARTS) is 2. The largest absolute Gasteiger partial charge is 0.723 e. The molecule has 0 aromatic rings. The van der Waals surface area contributed by atoms with Gasteiger partial charge in [-0.15, -0.1) is 0 Å². The first-order valence-electron chi connectivity index (χ1n) is 15.2. The zero-order chi connectivity index (χ0) is 33.2. The van der Waals surface area contributed by atoms with Crippen molar-refractivity contribution in [1.29, 1.82) is 0 Å². The van der Waals surface area contributed by atoms with Gasteiger partial charge in [-0.3, -0.25) is 0 Å². The van der Waals surface area contributed by atoms with Crippen LogP contribution in [0.15, 0.2) is 0 Å². The summed E-state index contributed by atoms with van der Waals surface area (Å²) in [5.41, 5.74) is 0. The lowest BCUT2D eigenvalue weighted by Crippen LogP contribution is -2.28. The van der Waals surface area contributed by atoms with Crippen LogP contribution in [0.25, 0.3) is 0 Å². The minimum Gasteiger partial charge on any atom is -0.723 e. The molecule has 0 saturated carbocycles. The Morgan fingerprint density at radius 3 is 1.40 bits per heavy atom. The lowest BCUT2D eigenvalue weighted by Gasteiger charge is -2.21. The summed E-state index contributed by atoms with van der Waals surface area (Å²) in [5.74, 6) is -1.49. The molecular formula is C30H60O12-4. The van der Waals surface area contributed by atoms with Crippen LogP contribution in [0.5, 0.6) is 0 Å². The number of carbonyl (C=O) groups is 2. The summed E-state index contributed by atoms with van der Waals surface area (Å²) in [4.78, 5) is 27.3. The van der Waals surface area contributed by atoms with E-state index in [2.05, 4.69) is 30.5 Å². The highest BCUT2D eigenvalue weighted by Crippen LogP contribution is 2.06. The van der Waals surface area contributed by atoms with Crippen molar-refractivity contribution >= 4 is 11.9 Å². The van der Waals surface area contributed by atoms with E-state index in [0.29, 0.717) is 39.3 Å². The third kappa shape index (κ3) is 48.4. The molecule has 3 atom stereocenters. The molecule has 0 fully saturated rings. The normalized spacial score (nSPS) is 12.7. The molecule has 12 heteroatoms. The van der Waals surface area contributed by atoms with Crippen LogP contribution in [0.3, 0.4) is 0 Å². The van der Waals surface area contributed by atoms with Gasteiger partial charge in [-0.1, -0.05) is 48.0 Å².